The summed E-state index contributed by atoms with van der Waals surface area (Å²) in [5, 5.41) is 1.06. The van der Waals surface area contributed by atoms with Gasteiger partial charge < -0.3 is 10.6 Å². The summed E-state index contributed by atoms with van der Waals surface area (Å²) in [6.45, 7) is 0.316. The molecule has 0 spiro atoms. The lowest BCUT2D eigenvalue weighted by Gasteiger charge is -2.32. The molecule has 1 unspecified atom stereocenters. The van der Waals surface area contributed by atoms with Crippen molar-refractivity contribution >= 4 is 59.5 Å². The predicted molar refractivity (Wildman–Crippen MR) is 146 cm³/mol. The summed E-state index contributed by atoms with van der Waals surface area (Å²) in [6, 6.07) is 23.5. The minimum absolute atomic E-state index is 0. The maximum atomic E-state index is 13.4. The molecular weight excluding hydrogens is 503 g/mol. The molecular formula is C28H25Cl3N2O2. The van der Waals surface area contributed by atoms with E-state index >= 15 is 0 Å². The molecule has 0 aromatic heterocycles. The van der Waals surface area contributed by atoms with Crippen LogP contribution in [-0.2, 0) is 16.0 Å². The van der Waals surface area contributed by atoms with Crippen molar-refractivity contribution in [1.82, 2.24) is 4.90 Å². The lowest BCUT2D eigenvalue weighted by Crippen LogP contribution is -2.49. The van der Waals surface area contributed by atoms with Crippen molar-refractivity contribution in [1.29, 1.82) is 0 Å². The van der Waals surface area contributed by atoms with Crippen LogP contribution < -0.4 is 5.73 Å². The zero-order valence-corrected chi connectivity index (χ0v) is 21.2. The number of benzene rings is 3. The fourth-order valence-corrected chi connectivity index (χ4v) is 4.33. The summed E-state index contributed by atoms with van der Waals surface area (Å²) in [7, 11) is 0. The van der Waals surface area contributed by atoms with Crippen LogP contribution in [0.5, 0.6) is 0 Å². The van der Waals surface area contributed by atoms with Gasteiger partial charge in [0.25, 0.3) is 0 Å². The van der Waals surface area contributed by atoms with E-state index in [0.29, 0.717) is 38.7 Å². The summed E-state index contributed by atoms with van der Waals surface area (Å²) >= 11 is 12.7. The van der Waals surface area contributed by atoms with E-state index in [1.807, 2.05) is 66.7 Å². The fourth-order valence-electron chi connectivity index (χ4n) is 3.94. The second kappa shape index (κ2) is 12.2. The van der Waals surface area contributed by atoms with E-state index in [0.717, 1.165) is 5.56 Å². The largest absolute Gasteiger partial charge is 0.332 e. The van der Waals surface area contributed by atoms with Crippen LogP contribution in [-0.4, -0.2) is 35.7 Å². The Kier molecular flexibility index (Phi) is 9.30. The number of nitrogens with zero attached hydrogens (tertiary/aromatic N) is 1. The first kappa shape index (κ1) is 26.7. The number of hydrogen-bond acceptors (Lipinski definition) is 3. The van der Waals surface area contributed by atoms with Gasteiger partial charge >= 0.3 is 0 Å². The number of amides is 1. The number of nitrogens with two attached hydrogens (primary N) is 1. The van der Waals surface area contributed by atoms with E-state index in [1.165, 1.54) is 0 Å². The van der Waals surface area contributed by atoms with Crippen LogP contribution in [0.3, 0.4) is 0 Å². The van der Waals surface area contributed by atoms with Crippen LogP contribution in [0.1, 0.15) is 16.7 Å². The number of likely N-dealkylation sites (tertiary alicyclic amines) is 1. The quantitative estimate of drug-likeness (QED) is 0.423. The van der Waals surface area contributed by atoms with Crippen molar-refractivity contribution in [3.05, 3.63) is 117 Å². The molecule has 0 aliphatic carbocycles. The molecule has 1 atom stereocenters. The summed E-state index contributed by atoms with van der Waals surface area (Å²) in [4.78, 5) is 28.3. The molecule has 4 rings (SSSR count). The molecule has 180 valence electrons. The van der Waals surface area contributed by atoms with Crippen molar-refractivity contribution < 1.29 is 9.59 Å². The lowest BCUT2D eigenvalue weighted by molar-refractivity contribution is -0.132. The van der Waals surface area contributed by atoms with Crippen molar-refractivity contribution in [2.45, 2.75) is 12.5 Å². The van der Waals surface area contributed by atoms with Gasteiger partial charge in [-0.1, -0.05) is 89.9 Å². The highest BCUT2D eigenvalue weighted by Crippen LogP contribution is 2.27. The summed E-state index contributed by atoms with van der Waals surface area (Å²) in [6.07, 6.45) is 3.90. The second-order valence-electron chi connectivity index (χ2n) is 8.20. The zero-order valence-electron chi connectivity index (χ0n) is 18.9. The third-order valence-corrected chi connectivity index (χ3v) is 6.39. The minimum Gasteiger partial charge on any atom is -0.332 e. The molecule has 1 heterocycles. The number of ketones is 1. The molecule has 1 fully saturated rings. The van der Waals surface area contributed by atoms with Crippen LogP contribution in [0, 0.1) is 0 Å². The maximum absolute atomic E-state index is 13.4. The minimum atomic E-state index is -0.723. The van der Waals surface area contributed by atoms with Crippen LogP contribution in [0.2, 0.25) is 10.0 Å². The topological polar surface area (TPSA) is 63.4 Å². The maximum Gasteiger partial charge on any atom is 0.240 e. The first-order valence-electron chi connectivity index (χ1n) is 11.0. The number of Topliss-reactive ketones (excluding diaryl/α,β-unsaturated/α-hetero) is 1. The highest BCUT2D eigenvalue weighted by atomic mass is 35.5. The van der Waals surface area contributed by atoms with Gasteiger partial charge in [0.05, 0.1) is 6.04 Å². The summed E-state index contributed by atoms with van der Waals surface area (Å²) in [5.41, 5.74) is 9.65. The zero-order chi connectivity index (χ0) is 24.1. The molecule has 7 heteroatoms. The molecule has 0 saturated carbocycles. The summed E-state index contributed by atoms with van der Waals surface area (Å²) < 4.78 is 0. The summed E-state index contributed by atoms with van der Waals surface area (Å²) in [5.74, 6) is -0.355. The van der Waals surface area contributed by atoms with E-state index in [4.69, 9.17) is 28.9 Å². The normalized spacial score (nSPS) is 16.8. The van der Waals surface area contributed by atoms with Gasteiger partial charge in [-0.05, 0) is 47.4 Å². The highest BCUT2D eigenvalue weighted by molar-refractivity contribution is 6.33. The van der Waals surface area contributed by atoms with Gasteiger partial charge in [-0.25, -0.2) is 0 Å². The van der Waals surface area contributed by atoms with E-state index in [2.05, 4.69) is 0 Å². The van der Waals surface area contributed by atoms with Gasteiger partial charge in [-0.3, -0.25) is 9.59 Å². The fraction of sp³-hybridized carbons (Fsp3) is 0.143. The third kappa shape index (κ3) is 6.62. The Morgan fingerprint density at radius 3 is 1.77 bits per heavy atom. The average molecular weight is 528 g/mol. The monoisotopic (exact) mass is 526 g/mol. The van der Waals surface area contributed by atoms with E-state index in [1.54, 1.807) is 29.2 Å². The number of carbonyl (C=O) groups excluding carboxylic acids is 2. The van der Waals surface area contributed by atoms with Crippen molar-refractivity contribution in [3.8, 4) is 0 Å². The third-order valence-electron chi connectivity index (χ3n) is 5.70. The molecule has 1 aliphatic rings. The molecule has 1 saturated heterocycles. The standard InChI is InChI=1S/C28H24Cl2N2O2.ClH/c29-24-12-6-4-10-20(24)15-22-17-32(28(34)26(31)14-19-8-2-1-3-9-19)18-23(27(22)33)16-21-11-5-7-13-25(21)30;/h1-13,15-16,26H,14,17-18,31H2;1H. The van der Waals surface area contributed by atoms with Crippen molar-refractivity contribution in [3.63, 3.8) is 0 Å². The number of carbonyl (C=O) groups is 2. The number of hydrogen-bond donors (Lipinski definition) is 1. The first-order chi connectivity index (χ1) is 16.4. The molecule has 2 N–H and O–H groups in total. The first-order valence-corrected chi connectivity index (χ1v) is 11.7. The smallest absolute Gasteiger partial charge is 0.240 e. The van der Waals surface area contributed by atoms with Gasteiger partial charge in [0.15, 0.2) is 5.78 Å². The second-order valence-corrected chi connectivity index (χ2v) is 9.02. The molecule has 3 aromatic rings. The Balaban J connectivity index is 0.00000342. The van der Waals surface area contributed by atoms with Crippen molar-refractivity contribution in [2.75, 3.05) is 13.1 Å². The Morgan fingerprint density at radius 2 is 1.29 bits per heavy atom. The van der Waals surface area contributed by atoms with Crippen LogP contribution in [0.15, 0.2) is 90.0 Å². The van der Waals surface area contributed by atoms with E-state index < -0.39 is 6.04 Å². The highest BCUT2D eigenvalue weighted by Gasteiger charge is 2.31. The van der Waals surface area contributed by atoms with Gasteiger partial charge in [0.2, 0.25) is 5.91 Å². The van der Waals surface area contributed by atoms with E-state index in [-0.39, 0.29) is 37.2 Å². The average Bonchev–Trinajstić information content (AvgIpc) is 2.84. The molecule has 0 radical (unpaired) electrons. The Bertz CT molecular complexity index is 1200. The Labute approximate surface area is 221 Å². The lowest BCUT2D eigenvalue weighted by atomic mass is 9.93. The SMILES string of the molecule is Cl.NC(Cc1ccccc1)C(=O)N1CC(=Cc2ccccc2Cl)C(=O)C(=Cc2ccccc2Cl)C1. The molecule has 1 aliphatic heterocycles. The van der Waals surface area contributed by atoms with Crippen molar-refractivity contribution in [2.24, 2.45) is 5.73 Å². The van der Waals surface area contributed by atoms with Gasteiger partial charge in [-0.15, -0.1) is 12.4 Å². The Morgan fingerprint density at radius 1 is 0.829 bits per heavy atom. The molecule has 4 nitrogen and oxygen atoms in total. The van der Waals surface area contributed by atoms with Crippen LogP contribution in [0.4, 0.5) is 0 Å². The molecule has 0 bridgehead atoms. The number of rotatable bonds is 5. The van der Waals surface area contributed by atoms with Gasteiger partial charge in [0, 0.05) is 34.3 Å². The van der Waals surface area contributed by atoms with E-state index in [9.17, 15) is 9.59 Å². The number of halogens is 3. The molecule has 1 amide bonds. The Hall–Kier alpha value is -2.89. The van der Waals surface area contributed by atoms with Crippen LogP contribution >= 0.6 is 35.6 Å². The van der Waals surface area contributed by atoms with Crippen LogP contribution in [0.25, 0.3) is 12.2 Å². The molecule has 35 heavy (non-hydrogen) atoms. The predicted octanol–water partition coefficient (Wildman–Crippen LogP) is 5.86. The van der Waals surface area contributed by atoms with Gasteiger partial charge in [-0.2, -0.15) is 0 Å². The van der Waals surface area contributed by atoms with Gasteiger partial charge in [0.1, 0.15) is 0 Å². The molecule has 3 aromatic carbocycles. The number of piperidine rings is 1.